The van der Waals surface area contributed by atoms with Crippen LogP contribution in [0.5, 0.6) is 11.6 Å². The van der Waals surface area contributed by atoms with Crippen molar-refractivity contribution in [2.24, 2.45) is 0 Å². The number of ether oxygens (including phenoxy) is 2. The topological polar surface area (TPSA) is 48.4 Å². The predicted octanol–water partition coefficient (Wildman–Crippen LogP) is 3.70. The maximum atomic E-state index is 11.6. The highest BCUT2D eigenvalue weighted by Crippen LogP contribution is 2.22. The number of hydrogen-bond acceptors (Lipinski definition) is 4. The maximum absolute atomic E-state index is 11.6. The smallest absolute Gasteiger partial charge is 0.338 e. The number of esters is 1. The molecular weight excluding hydrogens is 266 g/mol. The second-order valence-electron chi connectivity index (χ2n) is 3.66. The van der Waals surface area contributed by atoms with E-state index in [9.17, 15) is 4.79 Å². The van der Waals surface area contributed by atoms with Crippen molar-refractivity contribution < 1.29 is 14.3 Å². The van der Waals surface area contributed by atoms with Gasteiger partial charge >= 0.3 is 5.97 Å². The number of benzene rings is 1. The van der Waals surface area contributed by atoms with Gasteiger partial charge in [0.25, 0.3) is 0 Å². The Labute approximate surface area is 115 Å². The normalized spacial score (nSPS) is 10.0. The fraction of sp³-hybridized carbons (Fsp3) is 0.143. The lowest BCUT2D eigenvalue weighted by Gasteiger charge is -2.06. The number of hydrogen-bond donors (Lipinski definition) is 0. The summed E-state index contributed by atoms with van der Waals surface area (Å²) in [5, 5.41) is 0.626. The first-order valence-electron chi connectivity index (χ1n) is 5.75. The van der Waals surface area contributed by atoms with E-state index in [4.69, 9.17) is 21.1 Å². The largest absolute Gasteiger partial charge is 0.462 e. The molecule has 4 nitrogen and oxygen atoms in total. The molecule has 0 aliphatic heterocycles. The van der Waals surface area contributed by atoms with Gasteiger partial charge in [-0.3, -0.25) is 0 Å². The van der Waals surface area contributed by atoms with Crippen LogP contribution in [0.25, 0.3) is 0 Å². The summed E-state index contributed by atoms with van der Waals surface area (Å²) in [5.41, 5.74) is 0.404. The third-order valence-electron chi connectivity index (χ3n) is 2.28. The molecule has 0 atom stereocenters. The first-order chi connectivity index (χ1) is 9.19. The van der Waals surface area contributed by atoms with Gasteiger partial charge in [-0.15, -0.1) is 0 Å². The third kappa shape index (κ3) is 3.69. The number of halogens is 1. The third-order valence-corrected chi connectivity index (χ3v) is 2.53. The highest BCUT2D eigenvalue weighted by atomic mass is 35.5. The number of nitrogens with zero attached hydrogens (tertiary/aromatic N) is 1. The molecule has 0 amide bonds. The van der Waals surface area contributed by atoms with Crippen molar-refractivity contribution in [1.29, 1.82) is 0 Å². The van der Waals surface area contributed by atoms with E-state index in [1.165, 1.54) is 12.3 Å². The Balaban J connectivity index is 2.15. The van der Waals surface area contributed by atoms with Gasteiger partial charge < -0.3 is 9.47 Å². The maximum Gasteiger partial charge on any atom is 0.338 e. The zero-order valence-electron chi connectivity index (χ0n) is 10.3. The van der Waals surface area contributed by atoms with Crippen LogP contribution in [0, 0.1) is 0 Å². The van der Waals surface area contributed by atoms with Crippen molar-refractivity contribution in [3.63, 3.8) is 0 Å². The summed E-state index contributed by atoms with van der Waals surface area (Å²) in [4.78, 5) is 15.6. The number of carbonyl (C=O) groups excluding carboxylic acids is 1. The monoisotopic (exact) mass is 277 g/mol. The molecule has 0 spiro atoms. The van der Waals surface area contributed by atoms with Crippen LogP contribution in [0.4, 0.5) is 0 Å². The van der Waals surface area contributed by atoms with Gasteiger partial charge in [0.1, 0.15) is 5.75 Å². The van der Waals surface area contributed by atoms with E-state index in [0.29, 0.717) is 28.8 Å². The average Bonchev–Trinajstić information content (AvgIpc) is 2.42. The fourth-order valence-electron chi connectivity index (χ4n) is 1.43. The molecule has 0 saturated heterocycles. The molecule has 19 heavy (non-hydrogen) atoms. The summed E-state index contributed by atoms with van der Waals surface area (Å²) in [5.74, 6) is 0.525. The highest BCUT2D eigenvalue weighted by Gasteiger charge is 2.08. The van der Waals surface area contributed by atoms with Crippen LogP contribution in [0.3, 0.4) is 0 Å². The van der Waals surface area contributed by atoms with Gasteiger partial charge in [0, 0.05) is 17.3 Å². The molecule has 98 valence electrons. The number of aromatic nitrogens is 1. The van der Waals surface area contributed by atoms with Crippen LogP contribution in [-0.2, 0) is 4.74 Å². The van der Waals surface area contributed by atoms with Crippen LogP contribution in [0.2, 0.25) is 5.02 Å². The Morgan fingerprint density at radius 1 is 1.26 bits per heavy atom. The average molecular weight is 278 g/mol. The van der Waals surface area contributed by atoms with Crippen molar-refractivity contribution in [1.82, 2.24) is 4.98 Å². The van der Waals surface area contributed by atoms with Gasteiger partial charge in [0.2, 0.25) is 5.88 Å². The van der Waals surface area contributed by atoms with E-state index in [1.807, 2.05) is 0 Å². The Kier molecular flexibility index (Phi) is 4.36. The van der Waals surface area contributed by atoms with Gasteiger partial charge in [-0.05, 0) is 37.3 Å². The molecule has 0 aliphatic carbocycles. The summed E-state index contributed by atoms with van der Waals surface area (Å²) < 4.78 is 10.4. The number of rotatable bonds is 4. The molecule has 1 heterocycles. The quantitative estimate of drug-likeness (QED) is 0.800. The molecule has 0 bridgehead atoms. The Bertz CT molecular complexity index is 569. The van der Waals surface area contributed by atoms with Crippen molar-refractivity contribution in [3.8, 4) is 11.6 Å². The Morgan fingerprint density at radius 2 is 2.00 bits per heavy atom. The van der Waals surface area contributed by atoms with E-state index < -0.39 is 5.97 Å². The minimum Gasteiger partial charge on any atom is -0.462 e. The minimum atomic E-state index is -0.397. The van der Waals surface area contributed by atoms with E-state index in [2.05, 4.69) is 4.98 Å². The van der Waals surface area contributed by atoms with E-state index in [0.717, 1.165) is 0 Å². The Hall–Kier alpha value is -2.07. The van der Waals surface area contributed by atoms with Crippen LogP contribution in [0.15, 0.2) is 42.6 Å². The molecule has 0 aliphatic rings. The van der Waals surface area contributed by atoms with Gasteiger partial charge in [-0.1, -0.05) is 11.6 Å². The first-order valence-corrected chi connectivity index (χ1v) is 6.13. The first kappa shape index (κ1) is 13.4. The van der Waals surface area contributed by atoms with Crippen LogP contribution < -0.4 is 4.74 Å². The van der Waals surface area contributed by atoms with Gasteiger partial charge in [-0.2, -0.15) is 0 Å². The van der Waals surface area contributed by atoms with E-state index >= 15 is 0 Å². The van der Waals surface area contributed by atoms with Crippen molar-refractivity contribution >= 4 is 17.6 Å². The highest BCUT2D eigenvalue weighted by molar-refractivity contribution is 6.30. The molecule has 0 N–H and O–H groups in total. The molecular formula is C14H12ClNO3. The predicted molar refractivity (Wildman–Crippen MR) is 71.7 cm³/mol. The molecule has 0 radical (unpaired) electrons. The van der Waals surface area contributed by atoms with Gasteiger partial charge in [0.05, 0.1) is 12.2 Å². The van der Waals surface area contributed by atoms with Crippen molar-refractivity contribution in [2.45, 2.75) is 6.92 Å². The standard InChI is InChI=1S/C14H12ClNO3/c1-2-18-14(17)10-7-8-16-13(9-10)19-12-5-3-11(15)4-6-12/h3-9H,2H2,1H3. The minimum absolute atomic E-state index is 0.327. The lowest BCUT2D eigenvalue weighted by molar-refractivity contribution is 0.0526. The van der Waals surface area contributed by atoms with E-state index in [-0.39, 0.29) is 0 Å². The lowest BCUT2D eigenvalue weighted by Crippen LogP contribution is -2.04. The molecule has 0 fully saturated rings. The molecule has 1 aromatic heterocycles. The molecule has 1 aromatic carbocycles. The zero-order valence-corrected chi connectivity index (χ0v) is 11.1. The molecule has 2 aromatic rings. The lowest BCUT2D eigenvalue weighted by atomic mass is 10.3. The fourth-order valence-corrected chi connectivity index (χ4v) is 1.56. The summed E-state index contributed by atoms with van der Waals surface area (Å²) in [6, 6.07) is 9.99. The molecule has 0 unspecified atom stereocenters. The van der Waals surface area contributed by atoms with Crippen molar-refractivity contribution in [3.05, 3.63) is 53.2 Å². The second kappa shape index (κ2) is 6.20. The van der Waals surface area contributed by atoms with Crippen LogP contribution in [-0.4, -0.2) is 17.6 Å². The summed E-state index contributed by atoms with van der Waals surface area (Å²) in [6.07, 6.45) is 1.50. The Morgan fingerprint density at radius 3 is 2.68 bits per heavy atom. The SMILES string of the molecule is CCOC(=O)c1ccnc(Oc2ccc(Cl)cc2)c1. The van der Waals surface area contributed by atoms with Gasteiger partial charge in [-0.25, -0.2) is 9.78 Å². The van der Waals surface area contributed by atoms with Crippen LogP contribution >= 0.6 is 11.6 Å². The number of carbonyl (C=O) groups is 1. The summed E-state index contributed by atoms with van der Waals surface area (Å²) in [7, 11) is 0. The summed E-state index contributed by atoms with van der Waals surface area (Å²) >= 11 is 5.78. The van der Waals surface area contributed by atoms with Gasteiger partial charge in [0.15, 0.2) is 0 Å². The second-order valence-corrected chi connectivity index (χ2v) is 4.10. The molecule has 0 saturated carbocycles. The molecule has 5 heteroatoms. The number of pyridine rings is 1. The van der Waals surface area contributed by atoms with Crippen molar-refractivity contribution in [2.75, 3.05) is 6.61 Å². The zero-order chi connectivity index (χ0) is 13.7. The van der Waals surface area contributed by atoms with E-state index in [1.54, 1.807) is 37.3 Å². The molecule has 2 rings (SSSR count). The van der Waals surface area contributed by atoms with Crippen LogP contribution in [0.1, 0.15) is 17.3 Å². The summed E-state index contributed by atoms with van der Waals surface area (Å²) in [6.45, 7) is 2.08.